The molecule has 2 N–H and O–H groups in total. The molecule has 1 atom stereocenters. The van der Waals surface area contributed by atoms with Crippen molar-refractivity contribution in [2.45, 2.75) is 19.8 Å². The first-order valence-electron chi connectivity index (χ1n) is 6.18. The molecule has 2 heterocycles. The van der Waals surface area contributed by atoms with Gasteiger partial charge in [-0.1, -0.05) is 0 Å². The molecule has 0 aromatic carbocycles. The number of anilines is 1. The summed E-state index contributed by atoms with van der Waals surface area (Å²) in [4.78, 5) is 17.0. The molecule has 1 saturated heterocycles. The van der Waals surface area contributed by atoms with Gasteiger partial charge in [-0.15, -0.1) is 0 Å². The van der Waals surface area contributed by atoms with E-state index in [1.807, 2.05) is 4.90 Å². The predicted octanol–water partition coefficient (Wildman–Crippen LogP) is 1.47. The molecule has 1 unspecified atom stereocenters. The van der Waals surface area contributed by atoms with E-state index in [4.69, 9.17) is 5.73 Å². The molecular formula is C12H18N4O2. The summed E-state index contributed by atoms with van der Waals surface area (Å²) in [5.41, 5.74) is 6.46. The zero-order chi connectivity index (χ0) is 13.1. The molecule has 1 aliphatic rings. The van der Waals surface area contributed by atoms with Gasteiger partial charge < -0.3 is 10.6 Å². The molecule has 18 heavy (non-hydrogen) atoms. The fraction of sp³-hybridized carbons (Fsp3) is 0.583. The highest BCUT2D eigenvalue weighted by Gasteiger charge is 2.27. The Morgan fingerprint density at radius 2 is 2.44 bits per heavy atom. The lowest BCUT2D eigenvalue weighted by molar-refractivity contribution is -0.384. The maximum absolute atomic E-state index is 11.2. The summed E-state index contributed by atoms with van der Waals surface area (Å²) in [5.74, 6) is 0.888. The van der Waals surface area contributed by atoms with E-state index >= 15 is 0 Å². The van der Waals surface area contributed by atoms with Crippen LogP contribution in [0.3, 0.4) is 0 Å². The molecule has 0 amide bonds. The van der Waals surface area contributed by atoms with E-state index in [1.54, 1.807) is 19.2 Å². The molecule has 2 rings (SSSR count). The van der Waals surface area contributed by atoms with Crippen molar-refractivity contribution in [3.05, 3.63) is 27.9 Å². The van der Waals surface area contributed by atoms with Crippen LogP contribution in [0.1, 0.15) is 18.4 Å². The van der Waals surface area contributed by atoms with Crippen molar-refractivity contribution in [2.75, 3.05) is 24.5 Å². The van der Waals surface area contributed by atoms with Gasteiger partial charge in [-0.05, 0) is 38.3 Å². The standard InChI is InChI=1S/C12H18N4O2/c1-9-4-5-14-12(11(9)16(17)18)15-6-2-3-10(7-13)8-15/h4-5,10H,2-3,6-8,13H2,1H3. The zero-order valence-electron chi connectivity index (χ0n) is 10.5. The Hall–Kier alpha value is -1.69. The first-order chi connectivity index (χ1) is 8.63. The van der Waals surface area contributed by atoms with Gasteiger partial charge in [0.05, 0.1) is 4.92 Å². The maximum atomic E-state index is 11.2. The highest BCUT2D eigenvalue weighted by Crippen LogP contribution is 2.31. The normalized spacial score (nSPS) is 19.9. The maximum Gasteiger partial charge on any atom is 0.314 e. The first-order valence-corrected chi connectivity index (χ1v) is 6.18. The predicted molar refractivity (Wildman–Crippen MR) is 69.6 cm³/mol. The summed E-state index contributed by atoms with van der Waals surface area (Å²) in [6, 6.07) is 1.67. The summed E-state index contributed by atoms with van der Waals surface area (Å²) in [6.45, 7) is 3.94. The second-order valence-electron chi connectivity index (χ2n) is 4.75. The minimum Gasteiger partial charge on any atom is -0.351 e. The third-order valence-corrected chi connectivity index (χ3v) is 3.44. The third-order valence-electron chi connectivity index (χ3n) is 3.44. The van der Waals surface area contributed by atoms with Gasteiger partial charge in [0.15, 0.2) is 0 Å². The Balaban J connectivity index is 2.32. The van der Waals surface area contributed by atoms with Crippen molar-refractivity contribution < 1.29 is 4.92 Å². The molecule has 1 aromatic heterocycles. The molecule has 6 nitrogen and oxygen atoms in total. The molecule has 0 aliphatic carbocycles. The van der Waals surface area contributed by atoms with Crippen molar-refractivity contribution in [3.63, 3.8) is 0 Å². The smallest absolute Gasteiger partial charge is 0.314 e. The van der Waals surface area contributed by atoms with Crippen molar-refractivity contribution in [3.8, 4) is 0 Å². The monoisotopic (exact) mass is 250 g/mol. The Morgan fingerprint density at radius 1 is 1.67 bits per heavy atom. The topological polar surface area (TPSA) is 85.3 Å². The summed E-state index contributed by atoms with van der Waals surface area (Å²) in [6.07, 6.45) is 3.73. The Bertz CT molecular complexity index is 450. The van der Waals surface area contributed by atoms with E-state index in [0.29, 0.717) is 23.8 Å². The SMILES string of the molecule is Cc1ccnc(N2CCCC(CN)C2)c1[N+](=O)[O-]. The van der Waals surface area contributed by atoms with E-state index in [1.165, 1.54) is 0 Å². The third kappa shape index (κ3) is 2.43. The quantitative estimate of drug-likeness (QED) is 0.648. The van der Waals surface area contributed by atoms with Crippen LogP contribution in [0.15, 0.2) is 12.3 Å². The lowest BCUT2D eigenvalue weighted by Gasteiger charge is -2.32. The molecular weight excluding hydrogens is 232 g/mol. The van der Waals surface area contributed by atoms with Crippen LogP contribution in [-0.4, -0.2) is 29.5 Å². The highest BCUT2D eigenvalue weighted by molar-refractivity contribution is 5.61. The summed E-state index contributed by atoms with van der Waals surface area (Å²) in [7, 11) is 0. The average Bonchev–Trinajstić information content (AvgIpc) is 2.38. The highest BCUT2D eigenvalue weighted by atomic mass is 16.6. The van der Waals surface area contributed by atoms with E-state index < -0.39 is 0 Å². The number of piperidine rings is 1. The van der Waals surface area contributed by atoms with Crippen molar-refractivity contribution in [2.24, 2.45) is 11.7 Å². The van der Waals surface area contributed by atoms with Crippen LogP contribution >= 0.6 is 0 Å². The number of hydrogen-bond donors (Lipinski definition) is 1. The van der Waals surface area contributed by atoms with E-state index in [9.17, 15) is 10.1 Å². The van der Waals surface area contributed by atoms with Crippen LogP contribution in [-0.2, 0) is 0 Å². The Labute approximate surface area is 106 Å². The number of aromatic nitrogens is 1. The van der Waals surface area contributed by atoms with Gasteiger partial charge >= 0.3 is 5.69 Å². The summed E-state index contributed by atoms with van der Waals surface area (Å²) in [5, 5.41) is 11.2. The van der Waals surface area contributed by atoms with Gasteiger partial charge in [-0.2, -0.15) is 0 Å². The van der Waals surface area contributed by atoms with Crippen LogP contribution in [0.5, 0.6) is 0 Å². The molecule has 0 radical (unpaired) electrons. The molecule has 1 fully saturated rings. The van der Waals surface area contributed by atoms with Crippen molar-refractivity contribution in [1.29, 1.82) is 0 Å². The molecule has 0 bridgehead atoms. The number of nitrogens with two attached hydrogens (primary N) is 1. The van der Waals surface area contributed by atoms with Gasteiger partial charge in [0.25, 0.3) is 0 Å². The number of aryl methyl sites for hydroxylation is 1. The second-order valence-corrected chi connectivity index (χ2v) is 4.75. The van der Waals surface area contributed by atoms with E-state index in [2.05, 4.69) is 4.98 Å². The number of rotatable bonds is 3. The molecule has 98 valence electrons. The van der Waals surface area contributed by atoms with Crippen LogP contribution < -0.4 is 10.6 Å². The number of pyridine rings is 1. The molecule has 0 saturated carbocycles. The van der Waals surface area contributed by atoms with Gasteiger partial charge in [0.1, 0.15) is 0 Å². The minimum atomic E-state index is -0.344. The van der Waals surface area contributed by atoms with E-state index in [0.717, 1.165) is 25.9 Å². The van der Waals surface area contributed by atoms with Gasteiger partial charge in [0, 0.05) is 24.8 Å². The number of hydrogen-bond acceptors (Lipinski definition) is 5. The zero-order valence-corrected chi connectivity index (χ0v) is 10.5. The molecule has 6 heteroatoms. The molecule has 1 aromatic rings. The summed E-state index contributed by atoms with van der Waals surface area (Å²) < 4.78 is 0. The fourth-order valence-electron chi connectivity index (χ4n) is 2.44. The lowest BCUT2D eigenvalue weighted by atomic mass is 9.98. The van der Waals surface area contributed by atoms with Crippen LogP contribution in [0, 0.1) is 23.0 Å². The molecule has 1 aliphatic heterocycles. The van der Waals surface area contributed by atoms with Gasteiger partial charge in [0.2, 0.25) is 5.82 Å². The molecule has 0 spiro atoms. The Morgan fingerprint density at radius 3 is 3.11 bits per heavy atom. The summed E-state index contributed by atoms with van der Waals surface area (Å²) >= 11 is 0. The average molecular weight is 250 g/mol. The van der Waals surface area contributed by atoms with Crippen molar-refractivity contribution in [1.82, 2.24) is 4.98 Å². The second kappa shape index (κ2) is 5.30. The fourth-order valence-corrected chi connectivity index (χ4v) is 2.44. The minimum absolute atomic E-state index is 0.121. The van der Waals surface area contributed by atoms with Crippen LogP contribution in [0.4, 0.5) is 11.5 Å². The van der Waals surface area contributed by atoms with Gasteiger partial charge in [-0.3, -0.25) is 10.1 Å². The van der Waals surface area contributed by atoms with Crippen molar-refractivity contribution >= 4 is 11.5 Å². The van der Waals surface area contributed by atoms with Gasteiger partial charge in [-0.25, -0.2) is 4.98 Å². The lowest BCUT2D eigenvalue weighted by Crippen LogP contribution is -2.39. The number of nitro groups is 1. The van der Waals surface area contributed by atoms with Crippen LogP contribution in [0.2, 0.25) is 0 Å². The Kier molecular flexibility index (Phi) is 3.76. The number of nitrogens with zero attached hydrogens (tertiary/aromatic N) is 3. The van der Waals surface area contributed by atoms with E-state index in [-0.39, 0.29) is 10.6 Å². The largest absolute Gasteiger partial charge is 0.351 e. The first kappa shape index (κ1) is 12.8. The van der Waals surface area contributed by atoms with Crippen LogP contribution in [0.25, 0.3) is 0 Å².